The van der Waals surface area contributed by atoms with E-state index in [0.29, 0.717) is 5.92 Å². The third-order valence-corrected chi connectivity index (χ3v) is 3.90. The summed E-state index contributed by atoms with van der Waals surface area (Å²) in [5.41, 5.74) is 1.02. The zero-order valence-electron chi connectivity index (χ0n) is 12.0. The Morgan fingerprint density at radius 1 is 1.30 bits per heavy atom. The fraction of sp³-hybridized carbons (Fsp3) is 0.500. The van der Waals surface area contributed by atoms with Crippen LogP contribution in [0.4, 0.5) is 5.82 Å². The van der Waals surface area contributed by atoms with Gasteiger partial charge >= 0.3 is 0 Å². The van der Waals surface area contributed by atoms with E-state index in [1.165, 1.54) is 12.8 Å². The number of anilines is 1. The monoisotopic (exact) mass is 271 g/mol. The van der Waals surface area contributed by atoms with Crippen molar-refractivity contribution < 1.29 is 4.74 Å². The molecule has 1 atom stereocenters. The number of fused-ring (bicyclic) bond motifs is 1. The van der Waals surface area contributed by atoms with Crippen LogP contribution in [0.2, 0.25) is 0 Å². The molecule has 0 spiro atoms. The van der Waals surface area contributed by atoms with Gasteiger partial charge in [-0.25, -0.2) is 9.97 Å². The number of ether oxygens (including phenoxy) is 1. The average molecular weight is 271 g/mol. The molecule has 20 heavy (non-hydrogen) atoms. The van der Waals surface area contributed by atoms with E-state index in [9.17, 15) is 0 Å². The molecule has 2 heterocycles. The van der Waals surface area contributed by atoms with Crippen molar-refractivity contribution in [2.45, 2.75) is 19.8 Å². The first-order chi connectivity index (χ1) is 9.88. The Labute approximate surface area is 119 Å². The van der Waals surface area contributed by atoms with E-state index >= 15 is 0 Å². The van der Waals surface area contributed by atoms with Gasteiger partial charge in [0.1, 0.15) is 12.1 Å². The molecule has 0 amide bonds. The number of piperidine rings is 1. The highest BCUT2D eigenvalue weighted by Gasteiger charge is 2.22. The molecule has 1 aliphatic heterocycles. The number of hydrogen-bond donors (Lipinski definition) is 0. The lowest BCUT2D eigenvalue weighted by molar-refractivity contribution is 0.104. The lowest BCUT2D eigenvalue weighted by Gasteiger charge is -2.33. The van der Waals surface area contributed by atoms with Crippen molar-refractivity contribution in [1.29, 1.82) is 0 Å². The van der Waals surface area contributed by atoms with E-state index < -0.39 is 0 Å². The van der Waals surface area contributed by atoms with Crippen LogP contribution in [0.5, 0.6) is 0 Å². The van der Waals surface area contributed by atoms with Crippen molar-refractivity contribution in [2.24, 2.45) is 5.92 Å². The van der Waals surface area contributed by atoms with Gasteiger partial charge in [-0.1, -0.05) is 12.1 Å². The van der Waals surface area contributed by atoms with Crippen molar-refractivity contribution in [3.05, 3.63) is 30.6 Å². The summed E-state index contributed by atoms with van der Waals surface area (Å²) in [7, 11) is 0. The summed E-state index contributed by atoms with van der Waals surface area (Å²) in [6, 6.07) is 8.23. The molecule has 0 N–H and O–H groups in total. The maximum absolute atomic E-state index is 5.59. The molecule has 0 saturated carbocycles. The van der Waals surface area contributed by atoms with Crippen LogP contribution in [0.25, 0.3) is 10.9 Å². The minimum absolute atomic E-state index is 0.609. The number of benzene rings is 1. The molecule has 3 rings (SSSR count). The molecule has 106 valence electrons. The standard InChI is InChI=1S/C16H21N3O/c1-2-20-11-13-6-5-9-19(10-13)16-14-7-3-4-8-15(14)17-12-18-16/h3-4,7-8,12-13H,2,5-6,9-11H2,1H3. The maximum Gasteiger partial charge on any atom is 0.139 e. The molecule has 0 aliphatic carbocycles. The second kappa shape index (κ2) is 6.18. The first kappa shape index (κ1) is 13.3. The Kier molecular flexibility index (Phi) is 4.11. The van der Waals surface area contributed by atoms with E-state index in [4.69, 9.17) is 4.74 Å². The predicted molar refractivity (Wildman–Crippen MR) is 81.0 cm³/mol. The summed E-state index contributed by atoms with van der Waals surface area (Å²) < 4.78 is 5.59. The predicted octanol–water partition coefficient (Wildman–Crippen LogP) is 2.88. The molecule has 4 heteroatoms. The minimum atomic E-state index is 0.609. The molecule has 1 aliphatic rings. The topological polar surface area (TPSA) is 38.2 Å². The Bertz CT molecular complexity index is 567. The molecule has 1 unspecified atom stereocenters. The largest absolute Gasteiger partial charge is 0.381 e. The fourth-order valence-electron chi connectivity index (χ4n) is 2.92. The highest BCUT2D eigenvalue weighted by atomic mass is 16.5. The molecule has 1 aromatic heterocycles. The van der Waals surface area contributed by atoms with Gasteiger partial charge in [-0.2, -0.15) is 0 Å². The molecule has 4 nitrogen and oxygen atoms in total. The van der Waals surface area contributed by atoms with Crippen LogP contribution in [0.3, 0.4) is 0 Å². The number of para-hydroxylation sites is 1. The van der Waals surface area contributed by atoms with E-state index in [1.807, 2.05) is 12.1 Å². The highest BCUT2D eigenvalue weighted by Crippen LogP contribution is 2.27. The van der Waals surface area contributed by atoms with Gasteiger partial charge in [0.05, 0.1) is 12.1 Å². The summed E-state index contributed by atoms with van der Waals surface area (Å²) in [4.78, 5) is 11.2. The van der Waals surface area contributed by atoms with Crippen LogP contribution < -0.4 is 4.90 Å². The van der Waals surface area contributed by atoms with Gasteiger partial charge < -0.3 is 9.64 Å². The molecule has 1 fully saturated rings. The van der Waals surface area contributed by atoms with Crippen molar-refractivity contribution in [2.75, 3.05) is 31.2 Å². The fourth-order valence-corrected chi connectivity index (χ4v) is 2.92. The maximum atomic E-state index is 5.59. The number of nitrogens with zero attached hydrogens (tertiary/aromatic N) is 3. The van der Waals surface area contributed by atoms with Gasteiger partial charge in [0.25, 0.3) is 0 Å². The smallest absolute Gasteiger partial charge is 0.139 e. The third-order valence-electron chi connectivity index (χ3n) is 3.90. The Morgan fingerprint density at radius 3 is 3.10 bits per heavy atom. The molecule has 1 aromatic carbocycles. The van der Waals surface area contributed by atoms with Crippen molar-refractivity contribution in [3.8, 4) is 0 Å². The van der Waals surface area contributed by atoms with Crippen LogP contribution in [0.1, 0.15) is 19.8 Å². The molecular weight excluding hydrogens is 250 g/mol. The molecule has 0 bridgehead atoms. The quantitative estimate of drug-likeness (QED) is 0.857. The van der Waals surface area contributed by atoms with Gasteiger partial charge in [-0.05, 0) is 37.8 Å². The molecular formula is C16H21N3O. The summed E-state index contributed by atoms with van der Waals surface area (Å²) in [5.74, 6) is 1.68. The lowest BCUT2D eigenvalue weighted by Crippen LogP contribution is -2.37. The van der Waals surface area contributed by atoms with Gasteiger partial charge in [-0.3, -0.25) is 0 Å². The molecule has 2 aromatic rings. The summed E-state index contributed by atoms with van der Waals surface area (Å²) in [6.07, 6.45) is 4.12. The number of rotatable bonds is 4. The van der Waals surface area contributed by atoms with Crippen LogP contribution in [0.15, 0.2) is 30.6 Å². The molecule has 1 saturated heterocycles. The van der Waals surface area contributed by atoms with Crippen LogP contribution >= 0.6 is 0 Å². The Morgan fingerprint density at radius 2 is 2.20 bits per heavy atom. The second-order valence-electron chi connectivity index (χ2n) is 5.33. The van der Waals surface area contributed by atoms with Gasteiger partial charge in [0.15, 0.2) is 0 Å². The van der Waals surface area contributed by atoms with E-state index in [0.717, 1.165) is 43.0 Å². The third kappa shape index (κ3) is 2.75. The van der Waals surface area contributed by atoms with Crippen LogP contribution in [-0.4, -0.2) is 36.3 Å². The van der Waals surface area contributed by atoms with Crippen LogP contribution in [-0.2, 0) is 4.74 Å². The zero-order valence-corrected chi connectivity index (χ0v) is 12.0. The second-order valence-corrected chi connectivity index (χ2v) is 5.33. The highest BCUT2D eigenvalue weighted by molar-refractivity contribution is 5.89. The minimum Gasteiger partial charge on any atom is -0.381 e. The van der Waals surface area contributed by atoms with Gasteiger partial charge in [0, 0.05) is 25.1 Å². The van der Waals surface area contributed by atoms with E-state index in [1.54, 1.807) is 6.33 Å². The summed E-state index contributed by atoms with van der Waals surface area (Å²) in [6.45, 7) is 5.81. The first-order valence-corrected chi connectivity index (χ1v) is 7.41. The first-order valence-electron chi connectivity index (χ1n) is 7.41. The van der Waals surface area contributed by atoms with Gasteiger partial charge in [-0.15, -0.1) is 0 Å². The zero-order chi connectivity index (χ0) is 13.8. The summed E-state index contributed by atoms with van der Waals surface area (Å²) >= 11 is 0. The molecule has 0 radical (unpaired) electrons. The van der Waals surface area contributed by atoms with Crippen molar-refractivity contribution in [3.63, 3.8) is 0 Å². The Hall–Kier alpha value is -1.68. The lowest BCUT2D eigenvalue weighted by atomic mass is 9.98. The van der Waals surface area contributed by atoms with Crippen molar-refractivity contribution in [1.82, 2.24) is 9.97 Å². The Balaban J connectivity index is 1.83. The van der Waals surface area contributed by atoms with Crippen LogP contribution in [0, 0.1) is 5.92 Å². The number of hydrogen-bond acceptors (Lipinski definition) is 4. The van der Waals surface area contributed by atoms with E-state index in [2.05, 4.69) is 33.9 Å². The van der Waals surface area contributed by atoms with Gasteiger partial charge in [0.2, 0.25) is 0 Å². The average Bonchev–Trinajstić information content (AvgIpc) is 2.52. The summed E-state index contributed by atoms with van der Waals surface area (Å²) in [5, 5.41) is 1.15. The SMILES string of the molecule is CCOCC1CCCN(c2ncnc3ccccc23)C1. The van der Waals surface area contributed by atoms with E-state index in [-0.39, 0.29) is 0 Å². The number of aromatic nitrogens is 2. The van der Waals surface area contributed by atoms with Crippen molar-refractivity contribution >= 4 is 16.7 Å². The normalized spacial score (nSPS) is 19.4.